The van der Waals surface area contributed by atoms with Gasteiger partial charge in [-0.1, -0.05) is 24.3 Å². The number of ether oxygens (including phenoxy) is 2. The fourth-order valence-electron chi connectivity index (χ4n) is 3.76. The number of benzene rings is 2. The molecule has 1 N–H and O–H groups in total. The zero-order valence-corrected chi connectivity index (χ0v) is 15.0. The molecule has 0 spiro atoms. The van der Waals surface area contributed by atoms with E-state index in [0.29, 0.717) is 12.3 Å². The van der Waals surface area contributed by atoms with Gasteiger partial charge in [0.05, 0.1) is 4.92 Å². The van der Waals surface area contributed by atoms with Gasteiger partial charge in [0.1, 0.15) is 18.4 Å². The van der Waals surface area contributed by atoms with Gasteiger partial charge < -0.3 is 14.8 Å². The third-order valence-corrected chi connectivity index (χ3v) is 5.00. The molecular weight excluding hydrogens is 346 g/mol. The number of para-hydroxylation sites is 4. The molecule has 0 aromatic heterocycles. The fraction of sp³-hybridized carbons (Fsp3) is 0.400. The lowest BCUT2D eigenvalue weighted by atomic mass is 10.0. The van der Waals surface area contributed by atoms with E-state index >= 15 is 0 Å². The van der Waals surface area contributed by atoms with Crippen molar-refractivity contribution in [3.8, 4) is 11.5 Å². The lowest BCUT2D eigenvalue weighted by molar-refractivity contribution is -0.384. The Morgan fingerprint density at radius 2 is 1.93 bits per heavy atom. The van der Waals surface area contributed by atoms with Crippen molar-refractivity contribution in [2.24, 2.45) is 0 Å². The highest BCUT2D eigenvalue weighted by Gasteiger charge is 2.27. The van der Waals surface area contributed by atoms with Gasteiger partial charge in [0, 0.05) is 25.2 Å². The van der Waals surface area contributed by atoms with E-state index in [1.165, 1.54) is 6.07 Å². The molecule has 0 radical (unpaired) electrons. The van der Waals surface area contributed by atoms with E-state index in [-0.39, 0.29) is 22.8 Å². The Morgan fingerprint density at radius 1 is 1.15 bits per heavy atom. The lowest BCUT2D eigenvalue weighted by Gasteiger charge is -2.36. The maximum absolute atomic E-state index is 11.2. The van der Waals surface area contributed by atoms with Crippen LogP contribution in [-0.2, 0) is 0 Å². The number of likely N-dealkylation sites (tertiary alicyclic amines) is 1. The number of anilines is 1. The minimum atomic E-state index is -0.340. The molecule has 2 aromatic carbocycles. The van der Waals surface area contributed by atoms with Gasteiger partial charge in [-0.25, -0.2) is 0 Å². The molecule has 0 aliphatic carbocycles. The average Bonchev–Trinajstić information content (AvgIpc) is 2.68. The summed E-state index contributed by atoms with van der Waals surface area (Å²) in [6, 6.07) is 14.7. The molecular formula is C20H23N3O4. The van der Waals surface area contributed by atoms with Gasteiger partial charge in [-0.3, -0.25) is 15.0 Å². The number of nitro groups is 1. The summed E-state index contributed by atoms with van der Waals surface area (Å²) in [6.07, 6.45) is 2.03. The summed E-state index contributed by atoms with van der Waals surface area (Å²) in [5.41, 5.74) is 0.704. The molecule has 7 heteroatoms. The van der Waals surface area contributed by atoms with Gasteiger partial charge in [0.25, 0.3) is 5.69 Å². The van der Waals surface area contributed by atoms with Gasteiger partial charge in [-0.2, -0.15) is 0 Å². The average molecular weight is 369 g/mol. The number of piperidine rings is 1. The Labute approximate surface area is 158 Å². The Balaban J connectivity index is 1.36. The molecule has 0 amide bonds. The first-order chi connectivity index (χ1) is 13.2. The minimum Gasteiger partial charge on any atom is -0.486 e. The van der Waals surface area contributed by atoms with Crippen LogP contribution in [0.1, 0.15) is 12.8 Å². The summed E-state index contributed by atoms with van der Waals surface area (Å²) in [4.78, 5) is 13.2. The van der Waals surface area contributed by atoms with Crippen molar-refractivity contribution in [3.05, 3.63) is 58.6 Å². The van der Waals surface area contributed by atoms with E-state index < -0.39 is 0 Å². The summed E-state index contributed by atoms with van der Waals surface area (Å²) < 4.78 is 11.9. The van der Waals surface area contributed by atoms with Crippen molar-refractivity contribution >= 4 is 11.4 Å². The predicted octanol–water partition coefficient (Wildman–Crippen LogP) is 3.31. The highest BCUT2D eigenvalue weighted by atomic mass is 16.6. The molecule has 142 valence electrons. The lowest BCUT2D eigenvalue weighted by Crippen LogP contribution is -2.48. The number of nitrogens with zero attached hydrogens (tertiary/aromatic N) is 2. The Bertz CT molecular complexity index is 813. The Hall–Kier alpha value is -2.80. The first-order valence-corrected chi connectivity index (χ1v) is 9.30. The molecule has 1 fully saturated rings. The molecule has 2 aliphatic heterocycles. The zero-order chi connectivity index (χ0) is 18.6. The molecule has 2 aliphatic rings. The monoisotopic (exact) mass is 369 g/mol. The molecule has 2 aromatic rings. The van der Waals surface area contributed by atoms with E-state index in [2.05, 4.69) is 10.2 Å². The van der Waals surface area contributed by atoms with E-state index in [1.807, 2.05) is 30.3 Å². The summed E-state index contributed by atoms with van der Waals surface area (Å²) >= 11 is 0. The SMILES string of the molecule is O=[N+]([O-])c1ccccc1N[C@H]1CCCN(C[C@H]2COc3ccccc3O2)C1. The first-order valence-electron chi connectivity index (χ1n) is 9.30. The quantitative estimate of drug-likeness (QED) is 0.644. The number of rotatable bonds is 5. The first kappa shape index (κ1) is 17.6. The van der Waals surface area contributed by atoms with Crippen LogP contribution in [0.3, 0.4) is 0 Å². The topological polar surface area (TPSA) is 76.9 Å². The Kier molecular flexibility index (Phi) is 5.11. The van der Waals surface area contributed by atoms with Crippen LogP contribution in [0.4, 0.5) is 11.4 Å². The van der Waals surface area contributed by atoms with Gasteiger partial charge in [0.15, 0.2) is 11.5 Å². The zero-order valence-electron chi connectivity index (χ0n) is 15.0. The van der Waals surface area contributed by atoms with Gasteiger partial charge in [-0.15, -0.1) is 0 Å². The van der Waals surface area contributed by atoms with Gasteiger partial charge >= 0.3 is 0 Å². The van der Waals surface area contributed by atoms with Crippen LogP contribution in [0.15, 0.2) is 48.5 Å². The molecule has 0 bridgehead atoms. The maximum atomic E-state index is 11.2. The smallest absolute Gasteiger partial charge is 0.292 e. The highest BCUT2D eigenvalue weighted by Crippen LogP contribution is 2.31. The summed E-state index contributed by atoms with van der Waals surface area (Å²) in [5, 5.41) is 14.6. The van der Waals surface area contributed by atoms with Crippen molar-refractivity contribution in [3.63, 3.8) is 0 Å². The van der Waals surface area contributed by atoms with Crippen LogP contribution >= 0.6 is 0 Å². The molecule has 1 saturated heterocycles. The maximum Gasteiger partial charge on any atom is 0.292 e. The van der Waals surface area contributed by atoms with Crippen molar-refractivity contribution in [2.45, 2.75) is 25.0 Å². The number of hydrogen-bond donors (Lipinski definition) is 1. The predicted molar refractivity (Wildman–Crippen MR) is 103 cm³/mol. The third kappa shape index (κ3) is 4.14. The Morgan fingerprint density at radius 3 is 2.78 bits per heavy atom. The number of fused-ring (bicyclic) bond motifs is 1. The van der Waals surface area contributed by atoms with Crippen molar-refractivity contribution < 1.29 is 14.4 Å². The van der Waals surface area contributed by atoms with Crippen LogP contribution in [0.25, 0.3) is 0 Å². The molecule has 0 saturated carbocycles. The molecule has 0 unspecified atom stereocenters. The summed E-state index contributed by atoms with van der Waals surface area (Å²) in [5.74, 6) is 1.59. The number of nitrogens with one attached hydrogen (secondary N) is 1. The van der Waals surface area contributed by atoms with Crippen LogP contribution in [0.5, 0.6) is 11.5 Å². The third-order valence-electron chi connectivity index (χ3n) is 5.00. The van der Waals surface area contributed by atoms with Crippen molar-refractivity contribution in [1.82, 2.24) is 4.90 Å². The second-order valence-electron chi connectivity index (χ2n) is 7.01. The molecule has 2 heterocycles. The van der Waals surface area contributed by atoms with Crippen molar-refractivity contribution in [1.29, 1.82) is 0 Å². The largest absolute Gasteiger partial charge is 0.486 e. The van der Waals surface area contributed by atoms with Gasteiger partial charge in [0.2, 0.25) is 0 Å². The minimum absolute atomic E-state index is 0.00953. The number of hydrogen-bond acceptors (Lipinski definition) is 6. The van der Waals surface area contributed by atoms with Crippen molar-refractivity contribution in [2.75, 3.05) is 31.6 Å². The van der Waals surface area contributed by atoms with E-state index in [1.54, 1.807) is 12.1 Å². The summed E-state index contributed by atoms with van der Waals surface area (Å²) in [6.45, 7) is 3.14. The molecule has 2 atom stereocenters. The summed E-state index contributed by atoms with van der Waals surface area (Å²) in [7, 11) is 0. The number of nitro benzene ring substituents is 1. The van der Waals surface area contributed by atoms with Crippen LogP contribution in [0, 0.1) is 10.1 Å². The van der Waals surface area contributed by atoms with Crippen LogP contribution in [0.2, 0.25) is 0 Å². The highest BCUT2D eigenvalue weighted by molar-refractivity contribution is 5.61. The standard InChI is InChI=1S/C20H23N3O4/c24-23(25)18-8-2-1-7-17(18)21-15-6-5-11-22(12-15)13-16-14-26-19-9-3-4-10-20(19)27-16/h1-4,7-10,15-16,21H,5-6,11-14H2/t15-,16-/m0/s1. The molecule has 4 rings (SSSR count). The van der Waals surface area contributed by atoms with Crippen LogP contribution < -0.4 is 14.8 Å². The molecule has 27 heavy (non-hydrogen) atoms. The van der Waals surface area contributed by atoms with Gasteiger partial charge in [-0.05, 0) is 37.6 Å². The van der Waals surface area contributed by atoms with E-state index in [4.69, 9.17) is 9.47 Å². The second-order valence-corrected chi connectivity index (χ2v) is 7.01. The van der Waals surface area contributed by atoms with Crippen LogP contribution in [-0.4, -0.2) is 48.2 Å². The normalized spacial score (nSPS) is 22.2. The molecule has 7 nitrogen and oxygen atoms in total. The second kappa shape index (κ2) is 7.84. The van der Waals surface area contributed by atoms with E-state index in [0.717, 1.165) is 44.0 Å². The fourth-order valence-corrected chi connectivity index (χ4v) is 3.76. The van der Waals surface area contributed by atoms with E-state index in [9.17, 15) is 10.1 Å².